The van der Waals surface area contributed by atoms with Gasteiger partial charge in [0.05, 0.1) is 6.20 Å². The number of hydrogen-bond acceptors (Lipinski definition) is 5. The first-order chi connectivity index (χ1) is 8.63. The summed E-state index contributed by atoms with van der Waals surface area (Å²) in [6.45, 7) is 2.23. The molecule has 2 aromatic heterocycles. The van der Waals surface area contributed by atoms with Crippen molar-refractivity contribution < 1.29 is 4.79 Å². The first kappa shape index (κ1) is 12.4. The zero-order chi connectivity index (χ0) is 13.1. The Balaban J connectivity index is 2.17. The van der Waals surface area contributed by atoms with Crippen molar-refractivity contribution in [3.8, 4) is 0 Å². The molecule has 96 valence electrons. The van der Waals surface area contributed by atoms with Crippen LogP contribution in [-0.4, -0.2) is 30.6 Å². The van der Waals surface area contributed by atoms with Gasteiger partial charge in [-0.1, -0.05) is 12.1 Å². The minimum atomic E-state index is -0.211. The van der Waals surface area contributed by atoms with E-state index >= 15 is 0 Å². The Bertz CT molecular complexity index is 628. The molecule has 7 heteroatoms. The van der Waals surface area contributed by atoms with Crippen LogP contribution in [0.3, 0.4) is 0 Å². The highest BCUT2D eigenvalue weighted by molar-refractivity contribution is 5.77. The van der Waals surface area contributed by atoms with E-state index in [9.17, 15) is 9.59 Å². The number of ketones is 1. The highest BCUT2D eigenvalue weighted by Gasteiger charge is 2.09. The topological polar surface area (TPSA) is 82.7 Å². The van der Waals surface area contributed by atoms with E-state index in [2.05, 4.69) is 15.4 Å². The molecule has 0 aromatic carbocycles. The molecule has 0 bridgehead atoms. The molecule has 2 aromatic rings. The number of aromatic nitrogens is 5. The standard InChI is InChI=1S/C11H15N5O2/c1-3-8(17)5-4-6-16-11(18)9-7-12-15(2)10(9)13-14-16/h7H,3-6H2,1-2H3. The van der Waals surface area contributed by atoms with Crippen molar-refractivity contribution >= 4 is 16.8 Å². The lowest BCUT2D eigenvalue weighted by Crippen LogP contribution is -2.24. The SMILES string of the molecule is CCC(=O)CCCn1nnc2c(cnn2C)c1=O. The molecule has 18 heavy (non-hydrogen) atoms. The minimum absolute atomic E-state index is 0.193. The molecule has 0 aliphatic heterocycles. The molecule has 0 unspecified atom stereocenters. The summed E-state index contributed by atoms with van der Waals surface area (Å²) in [5, 5.41) is 12.2. The van der Waals surface area contributed by atoms with E-state index in [0.29, 0.717) is 36.8 Å². The fourth-order valence-electron chi connectivity index (χ4n) is 1.73. The predicted octanol–water partition coefficient (Wildman–Crippen LogP) is 0.284. The molecule has 2 heterocycles. The second-order valence-corrected chi connectivity index (χ2v) is 4.12. The number of fused-ring (bicyclic) bond motifs is 1. The maximum Gasteiger partial charge on any atom is 0.280 e. The van der Waals surface area contributed by atoms with Crippen LogP contribution in [0, 0.1) is 0 Å². The van der Waals surface area contributed by atoms with Gasteiger partial charge in [0.25, 0.3) is 5.56 Å². The van der Waals surface area contributed by atoms with Gasteiger partial charge in [-0.3, -0.25) is 9.59 Å². The summed E-state index contributed by atoms with van der Waals surface area (Å²) in [5.74, 6) is 0.193. The number of nitrogens with zero attached hydrogens (tertiary/aromatic N) is 5. The predicted molar refractivity (Wildman–Crippen MR) is 65.1 cm³/mol. The van der Waals surface area contributed by atoms with Gasteiger partial charge in [-0.2, -0.15) is 5.10 Å². The summed E-state index contributed by atoms with van der Waals surface area (Å²) in [6, 6.07) is 0. The van der Waals surface area contributed by atoms with Crippen molar-refractivity contribution in [2.45, 2.75) is 32.7 Å². The Morgan fingerprint density at radius 2 is 2.22 bits per heavy atom. The van der Waals surface area contributed by atoms with Crippen LogP contribution in [0.5, 0.6) is 0 Å². The molecule has 0 N–H and O–H groups in total. The van der Waals surface area contributed by atoms with Gasteiger partial charge in [0.15, 0.2) is 5.65 Å². The van der Waals surface area contributed by atoms with Crippen LogP contribution >= 0.6 is 0 Å². The average molecular weight is 249 g/mol. The van der Waals surface area contributed by atoms with Crippen molar-refractivity contribution in [1.29, 1.82) is 0 Å². The van der Waals surface area contributed by atoms with Crippen LogP contribution in [0.25, 0.3) is 11.0 Å². The van der Waals surface area contributed by atoms with Crippen molar-refractivity contribution in [2.24, 2.45) is 7.05 Å². The number of carbonyl (C=O) groups excluding carboxylic acids is 1. The highest BCUT2D eigenvalue weighted by Crippen LogP contribution is 2.02. The van der Waals surface area contributed by atoms with E-state index in [1.807, 2.05) is 6.92 Å². The number of rotatable bonds is 5. The smallest absolute Gasteiger partial charge is 0.280 e. The van der Waals surface area contributed by atoms with Crippen LogP contribution in [-0.2, 0) is 18.4 Å². The fraction of sp³-hybridized carbons (Fsp3) is 0.545. The summed E-state index contributed by atoms with van der Waals surface area (Å²) in [6.07, 6.45) is 3.09. The molecule has 0 saturated carbocycles. The molecular weight excluding hydrogens is 234 g/mol. The first-order valence-electron chi connectivity index (χ1n) is 5.90. The van der Waals surface area contributed by atoms with Crippen LogP contribution in [0.15, 0.2) is 11.0 Å². The number of Topliss-reactive ketones (excluding diaryl/α,β-unsaturated/α-hetero) is 1. The number of hydrogen-bond donors (Lipinski definition) is 0. The van der Waals surface area contributed by atoms with E-state index in [4.69, 9.17) is 0 Å². The average Bonchev–Trinajstić information content (AvgIpc) is 2.74. The van der Waals surface area contributed by atoms with Crippen molar-refractivity contribution in [3.63, 3.8) is 0 Å². The molecule has 0 aliphatic carbocycles. The van der Waals surface area contributed by atoms with Crippen LogP contribution < -0.4 is 5.56 Å². The lowest BCUT2D eigenvalue weighted by molar-refractivity contribution is -0.118. The molecule has 0 atom stereocenters. The van der Waals surface area contributed by atoms with Gasteiger partial charge in [0.2, 0.25) is 0 Å². The van der Waals surface area contributed by atoms with Crippen LogP contribution in [0.4, 0.5) is 0 Å². The normalized spacial score (nSPS) is 11.0. The van der Waals surface area contributed by atoms with Crippen LogP contribution in [0.1, 0.15) is 26.2 Å². The third-order valence-corrected chi connectivity index (χ3v) is 2.84. The maximum atomic E-state index is 12.0. The third-order valence-electron chi connectivity index (χ3n) is 2.84. The molecule has 2 rings (SSSR count). The summed E-state index contributed by atoms with van der Waals surface area (Å²) in [5.41, 5.74) is 0.262. The summed E-state index contributed by atoms with van der Waals surface area (Å²) < 4.78 is 2.79. The summed E-state index contributed by atoms with van der Waals surface area (Å²) in [4.78, 5) is 23.2. The van der Waals surface area contributed by atoms with Gasteiger partial charge in [-0.15, -0.1) is 5.10 Å². The lowest BCUT2D eigenvalue weighted by atomic mass is 10.2. The second kappa shape index (κ2) is 5.07. The zero-order valence-corrected chi connectivity index (χ0v) is 10.5. The van der Waals surface area contributed by atoms with E-state index < -0.39 is 0 Å². The summed E-state index contributed by atoms with van der Waals surface area (Å²) >= 11 is 0. The molecule has 0 amide bonds. The van der Waals surface area contributed by atoms with Gasteiger partial charge < -0.3 is 0 Å². The monoisotopic (exact) mass is 249 g/mol. The Hall–Kier alpha value is -2.05. The van der Waals surface area contributed by atoms with Crippen molar-refractivity contribution in [3.05, 3.63) is 16.6 Å². The molecule has 0 aliphatic rings. The van der Waals surface area contributed by atoms with Gasteiger partial charge in [0, 0.05) is 26.4 Å². The van der Waals surface area contributed by atoms with E-state index in [-0.39, 0.29) is 11.3 Å². The Morgan fingerprint density at radius 3 is 2.94 bits per heavy atom. The highest BCUT2D eigenvalue weighted by atomic mass is 16.1. The van der Waals surface area contributed by atoms with Gasteiger partial charge in [0.1, 0.15) is 11.2 Å². The van der Waals surface area contributed by atoms with E-state index in [1.165, 1.54) is 15.6 Å². The van der Waals surface area contributed by atoms with Gasteiger partial charge in [-0.05, 0) is 6.42 Å². The van der Waals surface area contributed by atoms with E-state index in [1.54, 1.807) is 7.05 Å². The molecule has 0 fully saturated rings. The molecular formula is C11H15N5O2. The van der Waals surface area contributed by atoms with Gasteiger partial charge in [-0.25, -0.2) is 9.36 Å². The van der Waals surface area contributed by atoms with Gasteiger partial charge >= 0.3 is 0 Å². The summed E-state index contributed by atoms with van der Waals surface area (Å²) in [7, 11) is 1.71. The van der Waals surface area contributed by atoms with E-state index in [0.717, 1.165) is 0 Å². The largest absolute Gasteiger partial charge is 0.300 e. The molecule has 0 spiro atoms. The Kier molecular flexibility index (Phi) is 3.50. The number of carbonyl (C=O) groups is 1. The first-order valence-corrected chi connectivity index (χ1v) is 5.90. The quantitative estimate of drug-likeness (QED) is 0.760. The van der Waals surface area contributed by atoms with Crippen LogP contribution in [0.2, 0.25) is 0 Å². The lowest BCUT2D eigenvalue weighted by Gasteiger charge is -2.02. The van der Waals surface area contributed by atoms with Crippen molar-refractivity contribution in [1.82, 2.24) is 24.8 Å². The zero-order valence-electron chi connectivity index (χ0n) is 10.5. The molecule has 0 saturated heterocycles. The fourth-order valence-corrected chi connectivity index (χ4v) is 1.73. The maximum absolute atomic E-state index is 12.0. The Morgan fingerprint density at radius 1 is 1.44 bits per heavy atom. The second-order valence-electron chi connectivity index (χ2n) is 4.12. The Labute approximate surface area is 103 Å². The minimum Gasteiger partial charge on any atom is -0.300 e. The molecule has 0 radical (unpaired) electrons. The van der Waals surface area contributed by atoms with Crippen molar-refractivity contribution in [2.75, 3.05) is 0 Å². The number of aryl methyl sites for hydroxylation is 2. The molecule has 7 nitrogen and oxygen atoms in total. The third kappa shape index (κ3) is 2.29.